The summed E-state index contributed by atoms with van der Waals surface area (Å²) in [6, 6.07) is 0. The van der Waals surface area contributed by atoms with E-state index in [1.807, 2.05) is 0 Å². The van der Waals surface area contributed by atoms with E-state index in [1.165, 1.54) is 25.7 Å². The van der Waals surface area contributed by atoms with Gasteiger partial charge in [0, 0.05) is 6.61 Å². The first kappa shape index (κ1) is 10.4. The third-order valence-electron chi connectivity index (χ3n) is 2.85. The molecule has 1 aliphatic rings. The van der Waals surface area contributed by atoms with Crippen molar-refractivity contribution in [2.45, 2.75) is 32.2 Å². The second kappa shape index (κ2) is 5.11. The third-order valence-corrected chi connectivity index (χ3v) is 2.85. The Morgan fingerprint density at radius 2 is 2.27 bits per heavy atom. The van der Waals surface area contributed by atoms with E-state index < -0.39 is 0 Å². The largest absolute Gasteiger partial charge is 0.381 e. The lowest BCUT2D eigenvalue weighted by Crippen LogP contribution is -2.11. The van der Waals surface area contributed by atoms with Gasteiger partial charge in [0.05, 0.1) is 19.3 Å². The molecule has 5 heteroatoms. The Morgan fingerprint density at radius 3 is 2.93 bits per heavy atom. The highest BCUT2D eigenvalue weighted by atomic mass is 16.5. The maximum atomic E-state index is 5.60. The molecule has 84 valence electrons. The summed E-state index contributed by atoms with van der Waals surface area (Å²) < 4.78 is 7.31. The Morgan fingerprint density at radius 1 is 1.47 bits per heavy atom. The van der Waals surface area contributed by atoms with Crippen LogP contribution in [-0.2, 0) is 11.3 Å². The number of rotatable bonds is 5. The zero-order valence-corrected chi connectivity index (χ0v) is 8.93. The van der Waals surface area contributed by atoms with Crippen LogP contribution in [0.3, 0.4) is 0 Å². The zero-order chi connectivity index (χ0) is 10.5. The Balaban J connectivity index is 1.58. The van der Waals surface area contributed by atoms with Gasteiger partial charge in [0.15, 0.2) is 5.82 Å². The number of hydrogen-bond donors (Lipinski definition) is 1. The van der Waals surface area contributed by atoms with E-state index >= 15 is 0 Å². The number of hydrogen-bond acceptors (Lipinski definition) is 4. The molecule has 1 aliphatic carbocycles. The molecule has 1 fully saturated rings. The van der Waals surface area contributed by atoms with Gasteiger partial charge in [-0.15, -0.1) is 5.10 Å². The molecule has 2 N–H and O–H groups in total. The highest BCUT2D eigenvalue weighted by Crippen LogP contribution is 2.24. The Hall–Kier alpha value is -1.10. The lowest BCUT2D eigenvalue weighted by molar-refractivity contribution is 0.0926. The second-order valence-electron chi connectivity index (χ2n) is 4.13. The minimum atomic E-state index is 0.464. The van der Waals surface area contributed by atoms with Crippen molar-refractivity contribution in [3.05, 3.63) is 6.20 Å². The summed E-state index contributed by atoms with van der Waals surface area (Å²) in [4.78, 5) is 0. The highest BCUT2D eigenvalue weighted by Gasteiger charge is 2.14. The molecule has 1 saturated carbocycles. The molecule has 5 nitrogen and oxygen atoms in total. The summed E-state index contributed by atoms with van der Waals surface area (Å²) in [6.07, 6.45) is 7.12. The van der Waals surface area contributed by atoms with Crippen LogP contribution in [0.5, 0.6) is 0 Å². The molecule has 15 heavy (non-hydrogen) atoms. The number of nitrogens with two attached hydrogens (primary N) is 1. The van der Waals surface area contributed by atoms with Crippen molar-refractivity contribution in [1.29, 1.82) is 0 Å². The number of anilines is 1. The summed E-state index contributed by atoms with van der Waals surface area (Å²) >= 11 is 0. The molecule has 0 unspecified atom stereocenters. The topological polar surface area (TPSA) is 66.0 Å². The van der Waals surface area contributed by atoms with Crippen molar-refractivity contribution in [2.75, 3.05) is 18.9 Å². The van der Waals surface area contributed by atoms with E-state index in [9.17, 15) is 0 Å². The van der Waals surface area contributed by atoms with E-state index in [1.54, 1.807) is 10.9 Å². The molecule has 0 aromatic carbocycles. The van der Waals surface area contributed by atoms with Gasteiger partial charge in [-0.3, -0.25) is 0 Å². The van der Waals surface area contributed by atoms with Crippen molar-refractivity contribution in [1.82, 2.24) is 15.0 Å². The molecule has 1 heterocycles. The van der Waals surface area contributed by atoms with Crippen LogP contribution in [0, 0.1) is 5.92 Å². The summed E-state index contributed by atoms with van der Waals surface area (Å²) in [6.45, 7) is 2.32. The predicted octanol–water partition coefficient (Wildman–Crippen LogP) is 1.07. The first-order valence-electron chi connectivity index (χ1n) is 5.58. The minimum absolute atomic E-state index is 0.464. The smallest absolute Gasteiger partial charge is 0.165 e. The average Bonchev–Trinajstić information content (AvgIpc) is 2.84. The molecule has 0 bridgehead atoms. The van der Waals surface area contributed by atoms with Gasteiger partial charge in [0.25, 0.3) is 0 Å². The summed E-state index contributed by atoms with van der Waals surface area (Å²) in [5, 5.41) is 7.55. The van der Waals surface area contributed by atoms with Crippen molar-refractivity contribution in [3.63, 3.8) is 0 Å². The van der Waals surface area contributed by atoms with E-state index in [0.717, 1.165) is 19.1 Å². The first-order valence-corrected chi connectivity index (χ1v) is 5.58. The Kier molecular flexibility index (Phi) is 3.55. The van der Waals surface area contributed by atoms with Gasteiger partial charge in [-0.25, -0.2) is 4.68 Å². The molecule has 2 rings (SSSR count). The Labute approximate surface area is 89.6 Å². The monoisotopic (exact) mass is 210 g/mol. The van der Waals surface area contributed by atoms with Gasteiger partial charge in [-0.1, -0.05) is 18.1 Å². The molecule has 0 amide bonds. The van der Waals surface area contributed by atoms with E-state index in [2.05, 4.69) is 10.3 Å². The van der Waals surface area contributed by atoms with Gasteiger partial charge in [0.1, 0.15) is 0 Å². The first-order chi connectivity index (χ1) is 7.34. The van der Waals surface area contributed by atoms with Gasteiger partial charge in [0.2, 0.25) is 0 Å². The van der Waals surface area contributed by atoms with Gasteiger partial charge < -0.3 is 10.5 Å². The van der Waals surface area contributed by atoms with Crippen molar-refractivity contribution < 1.29 is 4.74 Å². The molecule has 0 spiro atoms. The lowest BCUT2D eigenvalue weighted by Gasteiger charge is -2.09. The highest BCUT2D eigenvalue weighted by molar-refractivity contribution is 5.19. The number of nitrogens with zero attached hydrogens (tertiary/aromatic N) is 3. The molecule has 1 aromatic heterocycles. The fourth-order valence-electron chi connectivity index (χ4n) is 2.01. The van der Waals surface area contributed by atoms with E-state index in [4.69, 9.17) is 10.5 Å². The van der Waals surface area contributed by atoms with Gasteiger partial charge >= 0.3 is 0 Å². The number of nitrogen functional groups attached to an aromatic ring is 1. The Bertz CT molecular complexity index is 293. The van der Waals surface area contributed by atoms with Crippen molar-refractivity contribution in [3.8, 4) is 0 Å². The van der Waals surface area contributed by atoms with Gasteiger partial charge in [-0.2, -0.15) is 0 Å². The SMILES string of the molecule is Nc1cn(CCOCC2CCCC2)nn1. The van der Waals surface area contributed by atoms with Crippen LogP contribution in [0.15, 0.2) is 6.20 Å². The summed E-state index contributed by atoms with van der Waals surface area (Å²) in [5.41, 5.74) is 5.45. The van der Waals surface area contributed by atoms with Crippen molar-refractivity contribution >= 4 is 5.82 Å². The third kappa shape index (κ3) is 3.20. The maximum absolute atomic E-state index is 5.60. The quantitative estimate of drug-likeness (QED) is 0.738. The van der Waals surface area contributed by atoms with Crippen LogP contribution in [-0.4, -0.2) is 28.2 Å². The standard InChI is InChI=1S/C10H18N4O/c11-10-7-14(13-12-10)5-6-15-8-9-3-1-2-4-9/h7,9H,1-6,8,11H2. The molecule has 1 aromatic rings. The zero-order valence-electron chi connectivity index (χ0n) is 8.93. The van der Waals surface area contributed by atoms with E-state index in [0.29, 0.717) is 12.4 Å². The van der Waals surface area contributed by atoms with E-state index in [-0.39, 0.29) is 0 Å². The molecule has 0 radical (unpaired) electrons. The van der Waals surface area contributed by atoms with Crippen LogP contribution in [0.4, 0.5) is 5.82 Å². The van der Waals surface area contributed by atoms with Crippen molar-refractivity contribution in [2.24, 2.45) is 5.92 Å². The lowest BCUT2D eigenvalue weighted by atomic mass is 10.1. The minimum Gasteiger partial charge on any atom is -0.381 e. The molecular formula is C10H18N4O. The van der Waals surface area contributed by atoms with Crippen LogP contribution >= 0.6 is 0 Å². The van der Waals surface area contributed by atoms with Crippen LogP contribution in [0.2, 0.25) is 0 Å². The molecule has 0 aliphatic heterocycles. The maximum Gasteiger partial charge on any atom is 0.165 e. The molecule has 0 atom stereocenters. The van der Waals surface area contributed by atoms with Gasteiger partial charge in [-0.05, 0) is 18.8 Å². The number of ether oxygens (including phenoxy) is 1. The second-order valence-corrected chi connectivity index (χ2v) is 4.13. The fraction of sp³-hybridized carbons (Fsp3) is 0.800. The fourth-order valence-corrected chi connectivity index (χ4v) is 2.01. The average molecular weight is 210 g/mol. The summed E-state index contributed by atoms with van der Waals surface area (Å²) in [5.74, 6) is 1.25. The molecule has 0 saturated heterocycles. The predicted molar refractivity (Wildman–Crippen MR) is 57.2 cm³/mol. The van der Waals surface area contributed by atoms with Crippen LogP contribution in [0.1, 0.15) is 25.7 Å². The van der Waals surface area contributed by atoms with Crippen LogP contribution < -0.4 is 5.73 Å². The van der Waals surface area contributed by atoms with Crippen LogP contribution in [0.25, 0.3) is 0 Å². The normalized spacial score (nSPS) is 17.3. The summed E-state index contributed by atoms with van der Waals surface area (Å²) in [7, 11) is 0. The number of aromatic nitrogens is 3. The molecular weight excluding hydrogens is 192 g/mol.